The molecule has 0 spiro atoms. The first kappa shape index (κ1) is 17.8. The third kappa shape index (κ3) is 2.38. The molecule has 8 heteroatoms. The van der Waals surface area contributed by atoms with Crippen molar-refractivity contribution in [3.05, 3.63) is 82.9 Å². The molecule has 31 heavy (non-hydrogen) atoms. The number of nitrogens with zero attached hydrogens (tertiary/aromatic N) is 2. The fourth-order valence-electron chi connectivity index (χ4n) is 4.48. The molecule has 2 amide bonds. The summed E-state index contributed by atoms with van der Waals surface area (Å²) in [7, 11) is 0. The molecule has 2 aromatic carbocycles. The predicted octanol–water partition coefficient (Wildman–Crippen LogP) is 3.46. The Kier molecular flexibility index (Phi) is 3.56. The molecule has 1 N–H and O–H groups in total. The minimum atomic E-state index is -1.14. The molecule has 4 heterocycles. The minimum Gasteiger partial charge on any atom is -0.464 e. The van der Waals surface area contributed by atoms with E-state index in [0.29, 0.717) is 11.3 Å². The van der Waals surface area contributed by atoms with Crippen LogP contribution in [-0.2, 0) is 16.0 Å². The first-order valence-corrected chi connectivity index (χ1v) is 9.64. The predicted molar refractivity (Wildman–Crippen MR) is 109 cm³/mol. The number of amides is 2. The van der Waals surface area contributed by atoms with E-state index in [9.17, 15) is 18.4 Å². The molecule has 0 saturated carbocycles. The van der Waals surface area contributed by atoms with E-state index in [-0.39, 0.29) is 27.7 Å². The fraction of sp³-hybridized carbons (Fsp3) is 0.0870. The fourth-order valence-corrected chi connectivity index (χ4v) is 4.48. The molecule has 3 aromatic rings. The number of hydrogen-bond acceptors (Lipinski definition) is 5. The van der Waals surface area contributed by atoms with Crippen LogP contribution in [0.4, 0.5) is 14.5 Å². The molecular formula is C23H13F2N3O3. The molecule has 6 nitrogen and oxygen atoms in total. The van der Waals surface area contributed by atoms with Crippen LogP contribution in [0.25, 0.3) is 16.5 Å². The largest absolute Gasteiger partial charge is 0.464 e. The number of hydrogen-bond donors (Lipinski definition) is 1. The van der Waals surface area contributed by atoms with Crippen LogP contribution >= 0.6 is 0 Å². The summed E-state index contributed by atoms with van der Waals surface area (Å²) in [5.41, 5.74) is 2.89. The zero-order chi connectivity index (χ0) is 21.3. The van der Waals surface area contributed by atoms with Gasteiger partial charge in [-0.05, 0) is 24.1 Å². The van der Waals surface area contributed by atoms with E-state index in [1.165, 1.54) is 12.3 Å². The van der Waals surface area contributed by atoms with E-state index in [0.717, 1.165) is 30.3 Å². The van der Waals surface area contributed by atoms with Crippen LogP contribution in [0.15, 0.2) is 64.0 Å². The average Bonchev–Trinajstić information content (AvgIpc) is 3.43. The number of para-hydroxylation sites is 1. The second kappa shape index (κ2) is 6.21. The van der Waals surface area contributed by atoms with Gasteiger partial charge in [0.15, 0.2) is 11.6 Å². The Hall–Kier alpha value is -4.07. The van der Waals surface area contributed by atoms with Crippen molar-refractivity contribution < 1.29 is 22.8 Å². The number of imide groups is 1. The van der Waals surface area contributed by atoms with Crippen molar-refractivity contribution in [3.8, 4) is 0 Å². The van der Waals surface area contributed by atoms with Crippen molar-refractivity contribution in [1.82, 2.24) is 5.32 Å². The van der Waals surface area contributed by atoms with Gasteiger partial charge in [-0.1, -0.05) is 18.2 Å². The number of rotatable bonds is 2. The van der Waals surface area contributed by atoms with Gasteiger partial charge in [0, 0.05) is 30.1 Å². The van der Waals surface area contributed by atoms with Crippen LogP contribution in [0, 0.1) is 11.6 Å². The smallest absolute Gasteiger partial charge is 0.261 e. The number of aliphatic imine (C=N–C) groups is 1. The Morgan fingerprint density at radius 1 is 1.06 bits per heavy atom. The van der Waals surface area contributed by atoms with E-state index in [2.05, 4.69) is 10.3 Å². The summed E-state index contributed by atoms with van der Waals surface area (Å²) < 4.78 is 33.9. The summed E-state index contributed by atoms with van der Waals surface area (Å²) >= 11 is 0. The summed E-state index contributed by atoms with van der Waals surface area (Å²) in [6, 6.07) is 7.86. The zero-order valence-corrected chi connectivity index (χ0v) is 15.9. The molecule has 0 aliphatic carbocycles. The molecule has 152 valence electrons. The third-order valence-electron chi connectivity index (χ3n) is 5.80. The molecular weight excluding hydrogens is 404 g/mol. The standard InChI is InChI=1S/C23H13F2N3O3/c24-15-10-14(21-12(18(15)25)5-9-31-21)16-17(23(30)27-22(16)29)19-13-3-1-2-11-4-7-28(20(11)13)8-6-26-19/h1-3,5-6,8-10H,4,7H2,(H,27,29,30). The lowest BCUT2D eigenvalue weighted by molar-refractivity contribution is -0.123. The molecule has 0 bridgehead atoms. The van der Waals surface area contributed by atoms with Crippen LogP contribution in [-0.4, -0.2) is 24.1 Å². The normalized spacial score (nSPS) is 17.4. The highest BCUT2D eigenvalue weighted by atomic mass is 19.2. The van der Waals surface area contributed by atoms with Crippen molar-refractivity contribution in [1.29, 1.82) is 0 Å². The van der Waals surface area contributed by atoms with E-state index in [1.807, 2.05) is 29.3 Å². The third-order valence-corrected chi connectivity index (χ3v) is 5.80. The molecule has 0 fully saturated rings. The molecule has 6 rings (SSSR count). The van der Waals surface area contributed by atoms with Crippen molar-refractivity contribution >= 4 is 39.8 Å². The highest BCUT2D eigenvalue weighted by Crippen LogP contribution is 2.39. The van der Waals surface area contributed by atoms with Gasteiger partial charge in [-0.3, -0.25) is 19.9 Å². The van der Waals surface area contributed by atoms with Crippen molar-refractivity contribution in [2.24, 2.45) is 4.99 Å². The number of nitrogens with one attached hydrogen (secondary N) is 1. The van der Waals surface area contributed by atoms with Gasteiger partial charge in [-0.15, -0.1) is 0 Å². The minimum absolute atomic E-state index is 0.000471. The molecule has 1 aromatic heterocycles. The quantitative estimate of drug-likeness (QED) is 0.648. The van der Waals surface area contributed by atoms with Crippen LogP contribution in [0.1, 0.15) is 16.7 Å². The first-order chi connectivity index (χ1) is 15.0. The Balaban J connectivity index is 1.67. The van der Waals surface area contributed by atoms with E-state index < -0.39 is 23.4 Å². The summed E-state index contributed by atoms with van der Waals surface area (Å²) in [6.07, 6.45) is 5.44. The maximum Gasteiger partial charge on any atom is 0.261 e. The van der Waals surface area contributed by atoms with Gasteiger partial charge in [-0.25, -0.2) is 8.78 Å². The van der Waals surface area contributed by atoms with Crippen LogP contribution in [0.3, 0.4) is 0 Å². The Morgan fingerprint density at radius 2 is 1.90 bits per heavy atom. The number of benzene rings is 2. The highest BCUT2D eigenvalue weighted by Gasteiger charge is 2.38. The number of carbonyl (C=O) groups excluding carboxylic acids is 2. The molecule has 3 aliphatic heterocycles. The number of furan rings is 1. The number of carbonyl (C=O) groups is 2. The van der Waals surface area contributed by atoms with E-state index >= 15 is 0 Å². The number of halogens is 2. The molecule has 0 atom stereocenters. The monoisotopic (exact) mass is 417 g/mol. The SMILES string of the molecule is O=C1NC(=O)C(c2cc(F)c(F)c3ccoc23)=C1C1=NC=CN2CCc3cccc1c32. The van der Waals surface area contributed by atoms with Crippen LogP contribution < -0.4 is 10.2 Å². The van der Waals surface area contributed by atoms with Gasteiger partial charge < -0.3 is 9.32 Å². The maximum atomic E-state index is 14.3. The van der Waals surface area contributed by atoms with Gasteiger partial charge in [0.1, 0.15) is 5.58 Å². The first-order valence-electron chi connectivity index (χ1n) is 9.64. The Labute approximate surface area is 174 Å². The zero-order valence-electron chi connectivity index (χ0n) is 15.9. The molecule has 3 aliphatic rings. The number of fused-ring (bicyclic) bond motifs is 1. The van der Waals surface area contributed by atoms with Gasteiger partial charge in [0.25, 0.3) is 11.8 Å². The van der Waals surface area contributed by atoms with Crippen LogP contribution in [0.2, 0.25) is 0 Å². The van der Waals surface area contributed by atoms with E-state index in [4.69, 9.17) is 4.42 Å². The van der Waals surface area contributed by atoms with Gasteiger partial charge in [0.05, 0.1) is 34.2 Å². The average molecular weight is 417 g/mol. The second-order valence-corrected chi connectivity index (χ2v) is 7.45. The maximum absolute atomic E-state index is 14.3. The number of anilines is 1. The Morgan fingerprint density at radius 3 is 2.77 bits per heavy atom. The lowest BCUT2D eigenvalue weighted by atomic mass is 9.92. The van der Waals surface area contributed by atoms with Gasteiger partial charge in [0.2, 0.25) is 0 Å². The highest BCUT2D eigenvalue weighted by molar-refractivity contribution is 6.48. The van der Waals surface area contributed by atoms with Crippen molar-refractivity contribution in [2.45, 2.75) is 6.42 Å². The lowest BCUT2D eigenvalue weighted by Crippen LogP contribution is -2.25. The topological polar surface area (TPSA) is 74.9 Å². The molecule has 0 unspecified atom stereocenters. The van der Waals surface area contributed by atoms with Crippen molar-refractivity contribution in [3.63, 3.8) is 0 Å². The summed E-state index contributed by atoms with van der Waals surface area (Å²) in [6.45, 7) is 0.777. The van der Waals surface area contributed by atoms with Crippen LogP contribution in [0.5, 0.6) is 0 Å². The van der Waals surface area contributed by atoms with Crippen molar-refractivity contribution in [2.75, 3.05) is 11.4 Å². The summed E-state index contributed by atoms with van der Waals surface area (Å²) in [5.74, 6) is -3.59. The summed E-state index contributed by atoms with van der Waals surface area (Å²) in [5, 5.41) is 2.16. The van der Waals surface area contributed by atoms with E-state index in [1.54, 1.807) is 6.20 Å². The van der Waals surface area contributed by atoms with Gasteiger partial charge in [-0.2, -0.15) is 0 Å². The Bertz CT molecular complexity index is 1430. The molecule has 0 radical (unpaired) electrons. The van der Waals surface area contributed by atoms with Gasteiger partial charge >= 0.3 is 0 Å². The lowest BCUT2D eigenvalue weighted by Gasteiger charge is -2.17. The second-order valence-electron chi connectivity index (χ2n) is 7.45. The molecule has 0 saturated heterocycles. The summed E-state index contributed by atoms with van der Waals surface area (Å²) in [4.78, 5) is 32.2.